The lowest BCUT2D eigenvalue weighted by atomic mass is 10.1. The summed E-state index contributed by atoms with van der Waals surface area (Å²) in [4.78, 5) is 18.6. The van der Waals surface area contributed by atoms with Crippen LogP contribution in [0.15, 0.2) is 66.6 Å². The molecule has 1 N–H and O–H groups in total. The molecule has 0 saturated carbocycles. The Morgan fingerprint density at radius 3 is 2.56 bits per heavy atom. The first-order chi connectivity index (χ1) is 12.3. The number of hydrogen-bond donors (Lipinski definition) is 1. The Bertz CT molecular complexity index is 984. The average molecular weight is 345 g/mol. The highest BCUT2D eigenvalue weighted by Crippen LogP contribution is 2.28. The van der Waals surface area contributed by atoms with Crippen LogP contribution in [0.3, 0.4) is 0 Å². The van der Waals surface area contributed by atoms with Crippen molar-refractivity contribution in [2.24, 2.45) is 0 Å². The molecule has 25 heavy (non-hydrogen) atoms. The van der Waals surface area contributed by atoms with E-state index < -0.39 is 0 Å². The van der Waals surface area contributed by atoms with E-state index in [9.17, 15) is 0 Å². The third-order valence-corrected chi connectivity index (χ3v) is 4.55. The van der Waals surface area contributed by atoms with E-state index in [-0.39, 0.29) is 0 Å². The highest BCUT2D eigenvalue weighted by Gasteiger charge is 2.08. The monoisotopic (exact) mass is 345 g/mol. The van der Waals surface area contributed by atoms with E-state index in [1.54, 1.807) is 23.7 Å². The first kappa shape index (κ1) is 15.4. The van der Waals surface area contributed by atoms with Crippen LogP contribution in [0.1, 0.15) is 5.82 Å². The number of hydrogen-bond acceptors (Lipinski definition) is 6. The van der Waals surface area contributed by atoms with Gasteiger partial charge in [0.25, 0.3) is 0 Å². The summed E-state index contributed by atoms with van der Waals surface area (Å²) in [7, 11) is 0. The van der Waals surface area contributed by atoms with Crippen molar-refractivity contribution in [1.82, 2.24) is 19.9 Å². The smallest absolute Gasteiger partial charge is 0.134 e. The number of rotatable bonds is 4. The highest BCUT2D eigenvalue weighted by atomic mass is 32.1. The van der Waals surface area contributed by atoms with Gasteiger partial charge in [-0.15, -0.1) is 11.3 Å². The molecule has 4 aromatic heterocycles. The molecule has 0 radical (unpaired) electrons. The normalized spacial score (nSPS) is 10.6. The van der Waals surface area contributed by atoms with E-state index in [0.717, 1.165) is 28.3 Å². The second kappa shape index (κ2) is 6.78. The summed E-state index contributed by atoms with van der Waals surface area (Å²) in [5, 5.41) is 5.35. The van der Waals surface area contributed by atoms with Gasteiger partial charge >= 0.3 is 0 Å². The average Bonchev–Trinajstić information content (AvgIpc) is 3.17. The van der Waals surface area contributed by atoms with Crippen molar-refractivity contribution in [3.63, 3.8) is 0 Å². The number of aromatic nitrogens is 4. The molecule has 0 unspecified atom stereocenters. The molecule has 0 aromatic carbocycles. The Morgan fingerprint density at radius 1 is 0.920 bits per heavy atom. The minimum atomic E-state index is 0.704. The van der Waals surface area contributed by atoms with Gasteiger partial charge in [-0.2, -0.15) is 0 Å². The van der Waals surface area contributed by atoms with E-state index >= 15 is 0 Å². The van der Waals surface area contributed by atoms with Gasteiger partial charge in [0.1, 0.15) is 11.6 Å². The second-order valence-electron chi connectivity index (χ2n) is 5.49. The summed E-state index contributed by atoms with van der Waals surface area (Å²) < 4.78 is 0. The van der Waals surface area contributed by atoms with Crippen LogP contribution in [0, 0.1) is 6.92 Å². The molecule has 0 aliphatic heterocycles. The Balaban J connectivity index is 1.70. The van der Waals surface area contributed by atoms with Crippen molar-refractivity contribution in [2.45, 2.75) is 6.92 Å². The maximum atomic E-state index is 4.57. The number of thiophene rings is 1. The quantitative estimate of drug-likeness (QED) is 0.580. The SMILES string of the molecule is Cc1nc(Nc2ccncc2)cc(-c2cncc(-c3cccs3)c2)n1. The third-order valence-electron chi connectivity index (χ3n) is 3.63. The zero-order chi connectivity index (χ0) is 17.1. The molecule has 4 heterocycles. The topological polar surface area (TPSA) is 63.6 Å². The van der Waals surface area contributed by atoms with Crippen LogP contribution in [0.5, 0.6) is 0 Å². The van der Waals surface area contributed by atoms with Gasteiger partial charge in [0, 0.05) is 52.5 Å². The zero-order valence-corrected chi connectivity index (χ0v) is 14.4. The molecule has 0 bridgehead atoms. The fourth-order valence-electron chi connectivity index (χ4n) is 2.52. The molecule has 122 valence electrons. The van der Waals surface area contributed by atoms with Crippen molar-refractivity contribution in [3.8, 4) is 21.7 Å². The van der Waals surface area contributed by atoms with Crippen molar-refractivity contribution in [3.05, 3.63) is 72.4 Å². The van der Waals surface area contributed by atoms with E-state index in [2.05, 4.69) is 42.8 Å². The molecule has 0 saturated heterocycles. The van der Waals surface area contributed by atoms with E-state index in [4.69, 9.17) is 0 Å². The van der Waals surface area contributed by atoms with Crippen LogP contribution in [-0.4, -0.2) is 19.9 Å². The molecular weight excluding hydrogens is 330 g/mol. The molecule has 0 amide bonds. The molecule has 4 aromatic rings. The van der Waals surface area contributed by atoms with Crippen LogP contribution >= 0.6 is 11.3 Å². The predicted octanol–water partition coefficient (Wildman–Crippen LogP) is 4.71. The molecule has 4 rings (SSSR count). The van der Waals surface area contributed by atoms with Gasteiger partial charge in [-0.25, -0.2) is 9.97 Å². The summed E-state index contributed by atoms with van der Waals surface area (Å²) in [6.45, 7) is 1.89. The maximum Gasteiger partial charge on any atom is 0.134 e. The Labute approximate surface area is 149 Å². The minimum absolute atomic E-state index is 0.704. The Hall–Kier alpha value is -3.12. The summed E-state index contributed by atoms with van der Waals surface area (Å²) in [6.07, 6.45) is 7.19. The second-order valence-corrected chi connectivity index (χ2v) is 6.43. The number of anilines is 2. The van der Waals surface area contributed by atoms with E-state index in [0.29, 0.717) is 5.82 Å². The van der Waals surface area contributed by atoms with Gasteiger partial charge in [-0.3, -0.25) is 9.97 Å². The van der Waals surface area contributed by atoms with Crippen LogP contribution in [0.4, 0.5) is 11.5 Å². The van der Waals surface area contributed by atoms with Gasteiger partial charge < -0.3 is 5.32 Å². The van der Waals surface area contributed by atoms with Crippen molar-refractivity contribution < 1.29 is 0 Å². The lowest BCUT2D eigenvalue weighted by Gasteiger charge is -2.09. The Kier molecular flexibility index (Phi) is 4.18. The van der Waals surface area contributed by atoms with Gasteiger partial charge in [0.15, 0.2) is 0 Å². The summed E-state index contributed by atoms with van der Waals surface area (Å²) in [5.74, 6) is 1.45. The summed E-state index contributed by atoms with van der Waals surface area (Å²) in [6, 6.07) is 12.0. The molecule has 0 atom stereocenters. The van der Waals surface area contributed by atoms with E-state index in [1.165, 1.54) is 4.88 Å². The minimum Gasteiger partial charge on any atom is -0.340 e. The van der Waals surface area contributed by atoms with Crippen LogP contribution in [-0.2, 0) is 0 Å². The standard InChI is InChI=1S/C19H15N5S/c1-13-22-17(10-19(23-13)24-16-4-6-20-7-5-16)14-9-15(12-21-11-14)18-3-2-8-25-18/h2-12H,1H3,(H,20,22,23,24). The summed E-state index contributed by atoms with van der Waals surface area (Å²) >= 11 is 1.70. The lowest BCUT2D eigenvalue weighted by Crippen LogP contribution is -1.99. The molecular formula is C19H15N5S. The highest BCUT2D eigenvalue weighted by molar-refractivity contribution is 7.13. The fourth-order valence-corrected chi connectivity index (χ4v) is 3.23. The van der Waals surface area contributed by atoms with E-state index in [1.807, 2.05) is 43.6 Å². The molecule has 0 aliphatic rings. The number of nitrogens with zero attached hydrogens (tertiary/aromatic N) is 4. The fraction of sp³-hybridized carbons (Fsp3) is 0.0526. The van der Waals surface area contributed by atoms with Crippen LogP contribution < -0.4 is 5.32 Å². The van der Waals surface area contributed by atoms with Gasteiger partial charge in [0.05, 0.1) is 5.69 Å². The zero-order valence-electron chi connectivity index (χ0n) is 13.5. The number of pyridine rings is 2. The molecule has 0 fully saturated rings. The largest absolute Gasteiger partial charge is 0.340 e. The third kappa shape index (κ3) is 3.54. The lowest BCUT2D eigenvalue weighted by molar-refractivity contribution is 1.06. The molecule has 5 nitrogen and oxygen atoms in total. The molecule has 6 heteroatoms. The first-order valence-electron chi connectivity index (χ1n) is 7.80. The summed E-state index contributed by atoms with van der Waals surface area (Å²) in [5.41, 5.74) is 3.83. The van der Waals surface area contributed by atoms with Gasteiger partial charge in [-0.1, -0.05) is 6.07 Å². The van der Waals surface area contributed by atoms with Crippen LogP contribution in [0.25, 0.3) is 21.7 Å². The maximum absolute atomic E-state index is 4.57. The Morgan fingerprint density at radius 2 is 1.76 bits per heavy atom. The van der Waals surface area contributed by atoms with Crippen molar-refractivity contribution >= 4 is 22.8 Å². The molecule has 0 aliphatic carbocycles. The first-order valence-corrected chi connectivity index (χ1v) is 8.68. The molecule has 0 spiro atoms. The van der Waals surface area contributed by atoms with Crippen molar-refractivity contribution in [2.75, 3.05) is 5.32 Å². The number of nitrogens with one attached hydrogen (secondary N) is 1. The predicted molar refractivity (Wildman–Crippen MR) is 101 cm³/mol. The van der Waals surface area contributed by atoms with Gasteiger partial charge in [0.2, 0.25) is 0 Å². The number of aryl methyl sites for hydroxylation is 1. The van der Waals surface area contributed by atoms with Crippen LogP contribution in [0.2, 0.25) is 0 Å². The van der Waals surface area contributed by atoms with Crippen molar-refractivity contribution in [1.29, 1.82) is 0 Å². The van der Waals surface area contributed by atoms with Gasteiger partial charge in [-0.05, 0) is 36.6 Å².